The summed E-state index contributed by atoms with van der Waals surface area (Å²) in [6, 6.07) is 21.0. The number of hydrogen-bond donors (Lipinski definition) is 3. The smallest absolute Gasteiger partial charge is 0.254 e. The van der Waals surface area contributed by atoms with E-state index in [1.807, 2.05) is 61.5 Å². The second-order valence-corrected chi connectivity index (χ2v) is 8.22. The van der Waals surface area contributed by atoms with Crippen LogP contribution in [0.15, 0.2) is 72.9 Å². The Morgan fingerprint density at radius 2 is 1.97 bits per heavy atom. The largest absolute Gasteiger partial charge is 0.497 e. The normalized spacial score (nSPS) is 12.1. The number of aromatic nitrogens is 3. The minimum absolute atomic E-state index is 0.232. The zero-order chi connectivity index (χ0) is 23.7. The minimum Gasteiger partial charge on any atom is -0.497 e. The lowest BCUT2D eigenvalue weighted by atomic mass is 9.97. The molecule has 1 atom stereocenters. The van der Waals surface area contributed by atoms with Gasteiger partial charge < -0.3 is 15.8 Å². The molecule has 2 aromatic heterocycles. The maximum atomic E-state index is 13.5. The monoisotopic (exact) mass is 451 g/mol. The van der Waals surface area contributed by atoms with Crippen molar-refractivity contribution in [3.05, 3.63) is 89.7 Å². The van der Waals surface area contributed by atoms with E-state index in [0.717, 1.165) is 38.7 Å². The Morgan fingerprint density at radius 3 is 2.79 bits per heavy atom. The summed E-state index contributed by atoms with van der Waals surface area (Å²) in [4.78, 5) is 18.0. The molecule has 0 saturated heterocycles. The first-order valence-electron chi connectivity index (χ1n) is 11.1. The number of H-pyrrole nitrogens is 1. The zero-order valence-electron chi connectivity index (χ0n) is 19.0. The highest BCUT2D eigenvalue weighted by atomic mass is 16.5. The van der Waals surface area contributed by atoms with Crippen LogP contribution in [0.1, 0.15) is 27.7 Å². The number of carbonyl (C=O) groups is 1. The molecule has 7 nitrogen and oxygen atoms in total. The minimum atomic E-state index is -0.366. The van der Waals surface area contributed by atoms with Crippen LogP contribution in [0.2, 0.25) is 0 Å². The first-order valence-corrected chi connectivity index (χ1v) is 11.1. The average Bonchev–Trinajstić information content (AvgIpc) is 3.26. The maximum absolute atomic E-state index is 13.5. The Bertz CT molecular complexity index is 1510. The third-order valence-corrected chi connectivity index (χ3v) is 6.06. The highest BCUT2D eigenvalue weighted by molar-refractivity contribution is 6.07. The molecule has 34 heavy (non-hydrogen) atoms. The Kier molecular flexibility index (Phi) is 5.69. The van der Waals surface area contributed by atoms with E-state index < -0.39 is 0 Å². The molecule has 1 unspecified atom stereocenters. The van der Waals surface area contributed by atoms with E-state index in [0.29, 0.717) is 16.8 Å². The fourth-order valence-electron chi connectivity index (χ4n) is 4.22. The molecular formula is C27H25N5O2. The lowest BCUT2D eigenvalue weighted by Gasteiger charge is -2.19. The van der Waals surface area contributed by atoms with Gasteiger partial charge in [-0.3, -0.25) is 14.9 Å². The van der Waals surface area contributed by atoms with Crippen molar-refractivity contribution in [2.24, 2.45) is 5.73 Å². The van der Waals surface area contributed by atoms with Crippen LogP contribution in [-0.2, 0) is 0 Å². The highest BCUT2D eigenvalue weighted by Crippen LogP contribution is 2.30. The number of methoxy groups -OCH3 is 1. The summed E-state index contributed by atoms with van der Waals surface area (Å²) >= 11 is 0. The summed E-state index contributed by atoms with van der Waals surface area (Å²) in [5.74, 6) is 0.480. The van der Waals surface area contributed by atoms with Crippen molar-refractivity contribution in [1.29, 1.82) is 0 Å². The van der Waals surface area contributed by atoms with Crippen molar-refractivity contribution in [1.82, 2.24) is 20.5 Å². The van der Waals surface area contributed by atoms with Crippen molar-refractivity contribution in [2.75, 3.05) is 13.7 Å². The second-order valence-electron chi connectivity index (χ2n) is 8.22. The number of carbonyl (C=O) groups excluding carboxylic acids is 1. The van der Waals surface area contributed by atoms with Gasteiger partial charge in [0.15, 0.2) is 0 Å². The second kappa shape index (κ2) is 8.96. The van der Waals surface area contributed by atoms with E-state index in [9.17, 15) is 4.79 Å². The number of pyridine rings is 1. The van der Waals surface area contributed by atoms with Crippen molar-refractivity contribution >= 4 is 27.7 Å². The number of benzene rings is 3. The highest BCUT2D eigenvalue weighted by Gasteiger charge is 2.19. The fraction of sp³-hybridized carbons (Fsp3) is 0.148. The van der Waals surface area contributed by atoms with E-state index in [1.54, 1.807) is 13.3 Å². The number of aromatic amines is 1. The van der Waals surface area contributed by atoms with Crippen LogP contribution in [0.3, 0.4) is 0 Å². The molecule has 0 saturated carbocycles. The third kappa shape index (κ3) is 3.97. The third-order valence-electron chi connectivity index (χ3n) is 6.06. The number of nitrogens with zero attached hydrogens (tertiary/aromatic N) is 2. The van der Waals surface area contributed by atoms with Gasteiger partial charge in [-0.25, -0.2) is 0 Å². The molecule has 5 aromatic rings. The number of nitrogens with two attached hydrogens (primary N) is 1. The van der Waals surface area contributed by atoms with E-state index in [2.05, 4.69) is 32.6 Å². The molecular weight excluding hydrogens is 426 g/mol. The van der Waals surface area contributed by atoms with Crippen LogP contribution in [0.5, 0.6) is 5.75 Å². The lowest BCUT2D eigenvalue weighted by Crippen LogP contribution is -2.33. The van der Waals surface area contributed by atoms with Crippen LogP contribution in [0.4, 0.5) is 0 Å². The number of rotatable bonds is 6. The molecule has 2 heterocycles. The molecule has 1 amide bonds. The van der Waals surface area contributed by atoms with Gasteiger partial charge in [-0.05, 0) is 66.1 Å². The Labute approximate surface area is 197 Å². The molecule has 0 bridgehead atoms. The average molecular weight is 452 g/mol. The molecule has 0 aliphatic rings. The molecule has 0 aliphatic carbocycles. The lowest BCUT2D eigenvalue weighted by molar-refractivity contribution is 0.0939. The predicted octanol–water partition coefficient (Wildman–Crippen LogP) is 4.52. The van der Waals surface area contributed by atoms with Gasteiger partial charge in [0.25, 0.3) is 5.91 Å². The van der Waals surface area contributed by atoms with Gasteiger partial charge in [-0.2, -0.15) is 5.10 Å². The molecule has 0 fully saturated rings. The number of fused-ring (bicyclic) bond motifs is 2. The summed E-state index contributed by atoms with van der Waals surface area (Å²) in [6.45, 7) is 2.24. The topological polar surface area (TPSA) is 106 Å². The van der Waals surface area contributed by atoms with E-state index in [1.165, 1.54) is 0 Å². The summed E-state index contributed by atoms with van der Waals surface area (Å²) in [6.07, 6.45) is 1.70. The van der Waals surface area contributed by atoms with Gasteiger partial charge in [0, 0.05) is 29.2 Å². The Hall–Kier alpha value is -4.23. The van der Waals surface area contributed by atoms with Crippen molar-refractivity contribution in [3.8, 4) is 16.9 Å². The van der Waals surface area contributed by atoms with Gasteiger partial charge in [0.05, 0.1) is 29.7 Å². The standard InChI is InChI=1S/C27H25N5O2/c1-16-22-13-17(8-9-24(22)32-31-16)20-11-19-6-4-10-29-26(19)23(14-20)27(33)30-25(15-28)18-5-3-7-21(12-18)34-2/h3-14,25H,15,28H2,1-2H3,(H,30,33)(H,31,32). The molecule has 3 aromatic carbocycles. The first-order chi connectivity index (χ1) is 16.6. The van der Waals surface area contributed by atoms with Crippen LogP contribution in [0, 0.1) is 6.92 Å². The molecule has 0 aliphatic heterocycles. The van der Waals surface area contributed by atoms with E-state index in [4.69, 9.17) is 10.5 Å². The number of aryl methyl sites for hydroxylation is 1. The maximum Gasteiger partial charge on any atom is 0.254 e. The van der Waals surface area contributed by atoms with Crippen LogP contribution in [0.25, 0.3) is 32.9 Å². The van der Waals surface area contributed by atoms with Gasteiger partial charge in [0.1, 0.15) is 5.75 Å². The molecule has 4 N–H and O–H groups in total. The van der Waals surface area contributed by atoms with Gasteiger partial charge in [-0.1, -0.05) is 24.3 Å². The Balaban J connectivity index is 1.56. The quantitative estimate of drug-likeness (QED) is 0.352. The molecule has 7 heteroatoms. The zero-order valence-corrected chi connectivity index (χ0v) is 19.0. The van der Waals surface area contributed by atoms with Crippen molar-refractivity contribution < 1.29 is 9.53 Å². The number of nitrogens with one attached hydrogen (secondary N) is 2. The van der Waals surface area contributed by atoms with Crippen molar-refractivity contribution in [2.45, 2.75) is 13.0 Å². The van der Waals surface area contributed by atoms with Gasteiger partial charge in [0.2, 0.25) is 0 Å². The van der Waals surface area contributed by atoms with Crippen LogP contribution >= 0.6 is 0 Å². The summed E-state index contributed by atoms with van der Waals surface area (Å²) in [7, 11) is 1.61. The molecule has 170 valence electrons. The van der Waals surface area contributed by atoms with Crippen molar-refractivity contribution in [3.63, 3.8) is 0 Å². The first kappa shape index (κ1) is 21.6. The number of hydrogen-bond acceptors (Lipinski definition) is 5. The summed E-state index contributed by atoms with van der Waals surface area (Å²) in [5.41, 5.74) is 11.9. The Morgan fingerprint density at radius 1 is 1.09 bits per heavy atom. The van der Waals surface area contributed by atoms with Crippen LogP contribution in [-0.4, -0.2) is 34.7 Å². The van der Waals surface area contributed by atoms with Gasteiger partial charge in [-0.15, -0.1) is 0 Å². The SMILES string of the molecule is COc1cccc(C(CN)NC(=O)c2cc(-c3ccc4n[nH]c(C)c4c3)cc3cccnc23)c1. The molecule has 0 spiro atoms. The number of ether oxygens (including phenoxy) is 1. The van der Waals surface area contributed by atoms with Crippen LogP contribution < -0.4 is 15.8 Å². The number of amides is 1. The van der Waals surface area contributed by atoms with E-state index >= 15 is 0 Å². The molecule has 5 rings (SSSR count). The van der Waals surface area contributed by atoms with Gasteiger partial charge >= 0.3 is 0 Å². The summed E-state index contributed by atoms with van der Waals surface area (Å²) < 4.78 is 5.32. The predicted molar refractivity (Wildman–Crippen MR) is 134 cm³/mol. The van der Waals surface area contributed by atoms with E-state index in [-0.39, 0.29) is 18.5 Å². The summed E-state index contributed by atoms with van der Waals surface area (Å²) in [5, 5.41) is 12.4. The molecule has 0 radical (unpaired) electrons. The fourth-order valence-corrected chi connectivity index (χ4v) is 4.22.